The minimum Gasteiger partial charge on any atom is -0.452 e. The van der Waals surface area contributed by atoms with Crippen molar-refractivity contribution in [1.82, 2.24) is 10.1 Å². The highest BCUT2D eigenvalue weighted by atomic mass is 32.2. The van der Waals surface area contributed by atoms with E-state index in [4.69, 9.17) is 9.26 Å². The van der Waals surface area contributed by atoms with Gasteiger partial charge in [-0.25, -0.2) is 4.79 Å². The number of carbonyl (C=O) groups is 2. The highest BCUT2D eigenvalue weighted by Gasteiger charge is 2.24. The van der Waals surface area contributed by atoms with Crippen LogP contribution in [0.2, 0.25) is 0 Å². The minimum atomic E-state index is -0.479. The van der Waals surface area contributed by atoms with Crippen molar-refractivity contribution in [3.8, 4) is 0 Å². The standard InChI is InChI=1S/C20H24N2O4S/c1-14-7-5-6-10-22(14)19(23)12-25-20(24)17-8-3-4-9-18(17)27-13-16-11-15(2)26-21-16/h3-4,8-9,11,14H,5-7,10,12-13H2,1-2H3/t14-/m1/s1. The summed E-state index contributed by atoms with van der Waals surface area (Å²) in [4.78, 5) is 27.5. The molecule has 1 aliphatic heterocycles. The van der Waals surface area contributed by atoms with E-state index in [9.17, 15) is 9.59 Å². The Bertz CT molecular complexity index is 805. The monoisotopic (exact) mass is 388 g/mol. The SMILES string of the molecule is Cc1cc(CSc2ccccc2C(=O)OCC(=O)N2CCCC[C@H]2C)no1. The van der Waals surface area contributed by atoms with E-state index < -0.39 is 5.97 Å². The highest BCUT2D eigenvalue weighted by molar-refractivity contribution is 7.98. The van der Waals surface area contributed by atoms with Gasteiger partial charge in [0.1, 0.15) is 5.76 Å². The largest absolute Gasteiger partial charge is 0.452 e. The van der Waals surface area contributed by atoms with E-state index in [1.54, 1.807) is 12.1 Å². The van der Waals surface area contributed by atoms with Gasteiger partial charge in [-0.2, -0.15) is 0 Å². The average Bonchev–Trinajstić information content (AvgIpc) is 3.10. The molecule has 0 unspecified atom stereocenters. The number of piperidine rings is 1. The molecule has 7 heteroatoms. The Balaban J connectivity index is 1.58. The molecule has 1 fully saturated rings. The molecule has 1 saturated heterocycles. The van der Waals surface area contributed by atoms with Crippen LogP contribution in [0.5, 0.6) is 0 Å². The number of aryl methyl sites for hydroxylation is 1. The third-order valence-corrected chi connectivity index (χ3v) is 5.72. The molecule has 2 aromatic rings. The number of likely N-dealkylation sites (tertiary alicyclic amines) is 1. The van der Waals surface area contributed by atoms with E-state index in [2.05, 4.69) is 5.16 Å². The van der Waals surface area contributed by atoms with Gasteiger partial charge in [0.2, 0.25) is 0 Å². The third-order valence-electron chi connectivity index (χ3n) is 4.61. The Morgan fingerprint density at radius 3 is 2.89 bits per heavy atom. The number of aromatic nitrogens is 1. The lowest BCUT2D eigenvalue weighted by atomic mass is 10.0. The van der Waals surface area contributed by atoms with Crippen molar-refractivity contribution in [3.63, 3.8) is 0 Å². The van der Waals surface area contributed by atoms with Gasteiger partial charge in [0, 0.05) is 29.3 Å². The molecular formula is C20H24N2O4S. The molecular weight excluding hydrogens is 364 g/mol. The molecule has 144 valence electrons. The molecule has 0 bridgehead atoms. The number of esters is 1. The van der Waals surface area contributed by atoms with E-state index in [0.717, 1.165) is 42.2 Å². The van der Waals surface area contributed by atoms with Gasteiger partial charge in [-0.3, -0.25) is 4.79 Å². The molecule has 0 N–H and O–H groups in total. The quantitative estimate of drug-likeness (QED) is 0.553. The van der Waals surface area contributed by atoms with Crippen LogP contribution in [0.4, 0.5) is 0 Å². The maximum Gasteiger partial charge on any atom is 0.339 e. The van der Waals surface area contributed by atoms with E-state index in [-0.39, 0.29) is 18.6 Å². The van der Waals surface area contributed by atoms with E-state index >= 15 is 0 Å². The predicted molar refractivity (Wildman–Crippen MR) is 103 cm³/mol. The zero-order valence-corrected chi connectivity index (χ0v) is 16.5. The van der Waals surface area contributed by atoms with Crippen molar-refractivity contribution in [2.45, 2.75) is 49.8 Å². The number of hydrogen-bond donors (Lipinski definition) is 0. The molecule has 1 aromatic heterocycles. The van der Waals surface area contributed by atoms with Gasteiger partial charge in [-0.05, 0) is 45.2 Å². The number of rotatable bonds is 6. The lowest BCUT2D eigenvalue weighted by Crippen LogP contribution is -2.44. The number of carbonyl (C=O) groups excluding carboxylic acids is 2. The van der Waals surface area contributed by atoms with Crippen LogP contribution in [0.3, 0.4) is 0 Å². The molecule has 1 aromatic carbocycles. The number of nitrogens with zero attached hydrogens (tertiary/aromatic N) is 2. The molecule has 1 aliphatic rings. The van der Waals surface area contributed by atoms with E-state index in [1.165, 1.54) is 11.8 Å². The van der Waals surface area contributed by atoms with Crippen molar-refractivity contribution in [2.75, 3.05) is 13.2 Å². The zero-order chi connectivity index (χ0) is 19.2. The first-order chi connectivity index (χ1) is 13.0. The van der Waals surface area contributed by atoms with E-state index in [0.29, 0.717) is 11.3 Å². The second-order valence-corrected chi connectivity index (χ2v) is 7.74. The van der Waals surface area contributed by atoms with Gasteiger partial charge >= 0.3 is 5.97 Å². The van der Waals surface area contributed by atoms with Crippen molar-refractivity contribution in [1.29, 1.82) is 0 Å². The summed E-state index contributed by atoms with van der Waals surface area (Å²) in [5, 5.41) is 3.96. The number of benzene rings is 1. The summed E-state index contributed by atoms with van der Waals surface area (Å²) in [5.74, 6) is 0.737. The zero-order valence-electron chi connectivity index (χ0n) is 15.6. The lowest BCUT2D eigenvalue weighted by molar-refractivity contribution is -0.137. The summed E-state index contributed by atoms with van der Waals surface area (Å²) in [6, 6.07) is 9.31. The van der Waals surface area contributed by atoms with Crippen LogP contribution in [0, 0.1) is 6.92 Å². The van der Waals surface area contributed by atoms with Gasteiger partial charge in [0.25, 0.3) is 5.91 Å². The smallest absolute Gasteiger partial charge is 0.339 e. The molecule has 27 heavy (non-hydrogen) atoms. The van der Waals surface area contributed by atoms with Crippen molar-refractivity contribution in [2.24, 2.45) is 0 Å². The van der Waals surface area contributed by atoms with Crippen LogP contribution in [-0.4, -0.2) is 41.1 Å². The molecule has 2 heterocycles. The summed E-state index contributed by atoms with van der Waals surface area (Å²) in [6.07, 6.45) is 3.14. The van der Waals surface area contributed by atoms with Gasteiger partial charge in [-0.15, -0.1) is 11.8 Å². The maximum atomic E-state index is 12.5. The molecule has 0 aliphatic carbocycles. The summed E-state index contributed by atoms with van der Waals surface area (Å²) < 4.78 is 10.4. The number of thioether (sulfide) groups is 1. The Labute approximate surface area is 163 Å². The van der Waals surface area contributed by atoms with Crippen molar-refractivity contribution in [3.05, 3.63) is 47.3 Å². The normalized spacial score (nSPS) is 17.0. The summed E-state index contributed by atoms with van der Waals surface area (Å²) >= 11 is 1.49. The van der Waals surface area contributed by atoms with Gasteiger partial charge < -0.3 is 14.2 Å². The van der Waals surface area contributed by atoms with Gasteiger partial charge in [-0.1, -0.05) is 17.3 Å². The minimum absolute atomic E-state index is 0.126. The molecule has 0 radical (unpaired) electrons. The van der Waals surface area contributed by atoms with Crippen LogP contribution in [0.25, 0.3) is 0 Å². The fraction of sp³-hybridized carbons (Fsp3) is 0.450. The van der Waals surface area contributed by atoms with Gasteiger partial charge in [0.05, 0.1) is 11.3 Å². The molecule has 6 nitrogen and oxygen atoms in total. The molecule has 3 rings (SSSR count). The summed E-state index contributed by atoms with van der Waals surface area (Å²) in [5.41, 5.74) is 1.28. The third kappa shape index (κ3) is 5.13. The molecule has 0 spiro atoms. The van der Waals surface area contributed by atoms with E-state index in [1.807, 2.05) is 36.9 Å². The van der Waals surface area contributed by atoms with Crippen molar-refractivity contribution >= 4 is 23.6 Å². The second kappa shape index (κ2) is 9.08. The molecule has 1 amide bonds. The summed E-state index contributed by atoms with van der Waals surface area (Å²) in [7, 11) is 0. The second-order valence-electron chi connectivity index (χ2n) is 6.72. The number of hydrogen-bond acceptors (Lipinski definition) is 6. The predicted octanol–water partition coefficient (Wildman–Crippen LogP) is 3.83. The first kappa shape index (κ1) is 19.5. The van der Waals surface area contributed by atoms with Gasteiger partial charge in [0.15, 0.2) is 6.61 Å². The Morgan fingerprint density at radius 2 is 2.15 bits per heavy atom. The first-order valence-corrected chi connectivity index (χ1v) is 10.1. The first-order valence-electron chi connectivity index (χ1n) is 9.15. The van der Waals surface area contributed by atoms with Crippen molar-refractivity contribution < 1.29 is 18.8 Å². The average molecular weight is 388 g/mol. The highest BCUT2D eigenvalue weighted by Crippen LogP contribution is 2.27. The fourth-order valence-electron chi connectivity index (χ4n) is 3.16. The summed E-state index contributed by atoms with van der Waals surface area (Å²) in [6.45, 7) is 4.40. The van der Waals surface area contributed by atoms with Crippen LogP contribution < -0.4 is 0 Å². The fourth-order valence-corrected chi connectivity index (χ4v) is 4.08. The van der Waals surface area contributed by atoms with Crippen LogP contribution in [0.1, 0.15) is 48.0 Å². The maximum absolute atomic E-state index is 12.5. The van der Waals surface area contributed by atoms with Crippen LogP contribution in [-0.2, 0) is 15.3 Å². The van der Waals surface area contributed by atoms with Crippen LogP contribution >= 0.6 is 11.8 Å². The lowest BCUT2D eigenvalue weighted by Gasteiger charge is -2.33. The van der Waals surface area contributed by atoms with Crippen LogP contribution in [0.15, 0.2) is 39.8 Å². The Hall–Kier alpha value is -2.28. The number of ether oxygens (including phenoxy) is 1. The Kier molecular flexibility index (Phi) is 6.55. The Morgan fingerprint density at radius 1 is 1.33 bits per heavy atom. The molecule has 0 saturated carbocycles. The molecule has 1 atom stereocenters. The number of amides is 1. The topological polar surface area (TPSA) is 72.6 Å².